The van der Waals surface area contributed by atoms with Crippen LogP contribution in [0.15, 0.2) is 53.4 Å². The van der Waals surface area contributed by atoms with Crippen molar-refractivity contribution in [2.45, 2.75) is 24.8 Å². The number of thioether (sulfide) groups is 1. The molecule has 0 aromatic heterocycles. The Balaban J connectivity index is 1.60. The Morgan fingerprint density at radius 2 is 1.93 bits per heavy atom. The van der Waals surface area contributed by atoms with Gasteiger partial charge in [-0.25, -0.2) is 0 Å². The van der Waals surface area contributed by atoms with E-state index < -0.39 is 18.0 Å². The molecule has 0 fully saturated rings. The summed E-state index contributed by atoms with van der Waals surface area (Å²) >= 11 is 1.42. The van der Waals surface area contributed by atoms with Gasteiger partial charge in [-0.15, -0.1) is 11.8 Å². The van der Waals surface area contributed by atoms with E-state index in [1.54, 1.807) is 36.4 Å². The number of carbonyl (C=O) groups is 4. The third-order valence-electron chi connectivity index (χ3n) is 4.31. The maximum atomic E-state index is 12.3. The molecule has 0 unspecified atom stereocenters. The molecule has 29 heavy (non-hydrogen) atoms. The average Bonchev–Trinajstić information content (AvgIpc) is 2.70. The summed E-state index contributed by atoms with van der Waals surface area (Å²) in [6.07, 6.45) is -1.06. The van der Waals surface area contributed by atoms with Gasteiger partial charge in [0.2, 0.25) is 5.91 Å². The fourth-order valence-electron chi connectivity index (χ4n) is 2.80. The number of carbonyl (C=O) groups excluding carboxylic acids is 4. The Bertz CT molecular complexity index is 975. The number of Topliss-reactive ketones (excluding diaryl/α,β-unsaturated/α-hetero) is 1. The number of nitrogens with one attached hydrogen (secondary N) is 1. The normalized spacial score (nSPS) is 14.0. The average molecular weight is 412 g/mol. The van der Waals surface area contributed by atoms with Crippen molar-refractivity contribution in [2.24, 2.45) is 0 Å². The molecule has 7 nitrogen and oxygen atoms in total. The maximum absolute atomic E-state index is 12.3. The fraction of sp³-hybridized carbons (Fsp3) is 0.238. The Morgan fingerprint density at radius 3 is 2.69 bits per heavy atom. The van der Waals surface area contributed by atoms with Crippen LogP contribution in [0.1, 0.15) is 24.2 Å². The smallest absolute Gasteiger partial charge is 0.326 e. The first kappa shape index (κ1) is 20.6. The van der Waals surface area contributed by atoms with Crippen LogP contribution >= 0.6 is 11.8 Å². The number of nitrogens with zero attached hydrogens (tertiary/aromatic N) is 1. The molecule has 0 spiro atoms. The lowest BCUT2D eigenvalue weighted by atomic mass is 10.1. The number of fused-ring (bicyclic) bond motifs is 1. The van der Waals surface area contributed by atoms with Gasteiger partial charge in [0.1, 0.15) is 6.54 Å². The van der Waals surface area contributed by atoms with Crippen molar-refractivity contribution in [2.75, 3.05) is 22.5 Å². The van der Waals surface area contributed by atoms with Crippen molar-refractivity contribution >= 4 is 46.7 Å². The van der Waals surface area contributed by atoms with Crippen LogP contribution in [-0.2, 0) is 19.1 Å². The van der Waals surface area contributed by atoms with Gasteiger partial charge in [0.05, 0.1) is 11.4 Å². The number of ketones is 1. The van der Waals surface area contributed by atoms with Crippen molar-refractivity contribution in [3.05, 3.63) is 54.1 Å². The molecule has 1 aliphatic rings. The number of hydrogen-bond acceptors (Lipinski definition) is 6. The molecule has 1 atom stereocenters. The zero-order valence-electron chi connectivity index (χ0n) is 16.0. The molecule has 3 rings (SSSR count). The second-order valence-electron chi connectivity index (χ2n) is 6.49. The topological polar surface area (TPSA) is 92.8 Å². The van der Waals surface area contributed by atoms with Crippen molar-refractivity contribution in [1.82, 2.24) is 0 Å². The maximum Gasteiger partial charge on any atom is 0.326 e. The minimum absolute atomic E-state index is 0.120. The molecule has 1 aliphatic heterocycles. The second kappa shape index (κ2) is 8.91. The molecular weight excluding hydrogens is 392 g/mol. The predicted molar refractivity (Wildman–Crippen MR) is 110 cm³/mol. The molecule has 1 N–H and O–H groups in total. The van der Waals surface area contributed by atoms with Gasteiger partial charge in [-0.2, -0.15) is 0 Å². The molecule has 0 saturated carbocycles. The molecule has 0 radical (unpaired) electrons. The number of amides is 2. The zero-order chi connectivity index (χ0) is 21.0. The van der Waals surface area contributed by atoms with Gasteiger partial charge in [-0.1, -0.05) is 24.3 Å². The van der Waals surface area contributed by atoms with E-state index in [0.717, 1.165) is 4.90 Å². The second-order valence-corrected chi connectivity index (χ2v) is 7.51. The highest BCUT2D eigenvalue weighted by atomic mass is 32.2. The number of esters is 1. The summed E-state index contributed by atoms with van der Waals surface area (Å²) in [4.78, 5) is 50.6. The molecule has 2 aromatic rings. The first-order chi connectivity index (χ1) is 13.8. The highest BCUT2D eigenvalue weighted by molar-refractivity contribution is 8.00. The van der Waals surface area contributed by atoms with E-state index in [0.29, 0.717) is 16.9 Å². The van der Waals surface area contributed by atoms with Gasteiger partial charge in [0.15, 0.2) is 11.9 Å². The van der Waals surface area contributed by atoms with Gasteiger partial charge in [-0.3, -0.25) is 24.1 Å². The third-order valence-corrected chi connectivity index (χ3v) is 5.36. The highest BCUT2D eigenvalue weighted by Gasteiger charge is 2.28. The van der Waals surface area contributed by atoms with Gasteiger partial charge in [-0.05, 0) is 38.1 Å². The standard InChI is InChI=1S/C21H20N2O5S/c1-13(24)15-6-5-7-16(10-15)22-21(27)14(2)28-20(26)11-23-17-8-3-4-9-18(17)29-12-19(23)25/h3-10,14H,11-12H2,1-2H3,(H,22,27)/t14-/m0/s1. The third kappa shape index (κ3) is 5.03. The quantitative estimate of drug-likeness (QED) is 0.579. The number of para-hydroxylation sites is 1. The lowest BCUT2D eigenvalue weighted by molar-refractivity contribution is -0.152. The first-order valence-corrected chi connectivity index (χ1v) is 9.97. The lowest BCUT2D eigenvalue weighted by Gasteiger charge is -2.28. The minimum Gasteiger partial charge on any atom is -0.451 e. The summed E-state index contributed by atoms with van der Waals surface area (Å²) in [6, 6.07) is 13.8. The molecule has 0 saturated heterocycles. The van der Waals surface area contributed by atoms with Crippen LogP contribution in [0.4, 0.5) is 11.4 Å². The van der Waals surface area contributed by atoms with E-state index in [1.807, 2.05) is 12.1 Å². The molecule has 2 amide bonds. The van der Waals surface area contributed by atoms with Crippen molar-refractivity contribution in [1.29, 1.82) is 0 Å². The monoisotopic (exact) mass is 412 g/mol. The van der Waals surface area contributed by atoms with Gasteiger partial charge < -0.3 is 10.1 Å². The van der Waals surface area contributed by atoms with Crippen LogP contribution in [0.5, 0.6) is 0 Å². The molecule has 150 valence electrons. The largest absolute Gasteiger partial charge is 0.451 e. The molecule has 1 heterocycles. The number of ether oxygens (including phenoxy) is 1. The van der Waals surface area contributed by atoms with E-state index in [2.05, 4.69) is 5.32 Å². The first-order valence-electron chi connectivity index (χ1n) is 8.98. The number of anilines is 2. The van der Waals surface area contributed by atoms with Gasteiger partial charge in [0.25, 0.3) is 5.91 Å². The molecular formula is C21H20N2O5S. The van der Waals surface area contributed by atoms with Crippen LogP contribution < -0.4 is 10.2 Å². The Morgan fingerprint density at radius 1 is 1.17 bits per heavy atom. The highest BCUT2D eigenvalue weighted by Crippen LogP contribution is 2.34. The van der Waals surface area contributed by atoms with E-state index in [1.165, 1.54) is 30.5 Å². The summed E-state index contributed by atoms with van der Waals surface area (Å²) in [5.74, 6) is -1.28. The van der Waals surface area contributed by atoms with E-state index in [4.69, 9.17) is 4.74 Å². The van der Waals surface area contributed by atoms with Crippen molar-refractivity contribution < 1.29 is 23.9 Å². The Kier molecular flexibility index (Phi) is 6.33. The molecule has 0 aliphatic carbocycles. The van der Waals surface area contributed by atoms with Gasteiger partial charge in [0, 0.05) is 16.1 Å². The predicted octanol–water partition coefficient (Wildman–Crippen LogP) is 2.90. The summed E-state index contributed by atoms with van der Waals surface area (Å²) in [5, 5.41) is 2.62. The van der Waals surface area contributed by atoms with Crippen molar-refractivity contribution in [3.63, 3.8) is 0 Å². The summed E-state index contributed by atoms with van der Waals surface area (Å²) in [6.45, 7) is 2.61. The summed E-state index contributed by atoms with van der Waals surface area (Å²) in [5.41, 5.74) is 1.55. The fourth-order valence-corrected chi connectivity index (χ4v) is 3.74. The Hall–Kier alpha value is -3.13. The van der Waals surface area contributed by atoms with E-state index >= 15 is 0 Å². The van der Waals surface area contributed by atoms with Crippen LogP contribution in [0.25, 0.3) is 0 Å². The van der Waals surface area contributed by atoms with Gasteiger partial charge >= 0.3 is 5.97 Å². The molecule has 8 heteroatoms. The number of rotatable bonds is 6. The van der Waals surface area contributed by atoms with E-state index in [9.17, 15) is 19.2 Å². The lowest BCUT2D eigenvalue weighted by Crippen LogP contribution is -2.41. The SMILES string of the molecule is CC(=O)c1cccc(NC(=O)[C@H](C)OC(=O)CN2C(=O)CSc3ccccc32)c1. The number of hydrogen-bond donors (Lipinski definition) is 1. The molecule has 0 bridgehead atoms. The minimum atomic E-state index is -1.06. The van der Waals surface area contributed by atoms with Crippen LogP contribution in [0, 0.1) is 0 Å². The number of benzene rings is 2. The van der Waals surface area contributed by atoms with Crippen molar-refractivity contribution in [3.8, 4) is 0 Å². The van der Waals surface area contributed by atoms with Crippen LogP contribution in [0.2, 0.25) is 0 Å². The Labute approximate surface area is 172 Å². The van der Waals surface area contributed by atoms with Crippen LogP contribution in [0.3, 0.4) is 0 Å². The zero-order valence-corrected chi connectivity index (χ0v) is 16.8. The summed E-state index contributed by atoms with van der Waals surface area (Å²) < 4.78 is 5.21. The van der Waals surface area contributed by atoms with Crippen LogP contribution in [-0.4, -0.2) is 42.0 Å². The summed E-state index contributed by atoms with van der Waals surface area (Å²) in [7, 11) is 0. The van der Waals surface area contributed by atoms with E-state index in [-0.39, 0.29) is 24.0 Å². The molecule has 2 aromatic carbocycles.